The Morgan fingerprint density at radius 3 is 0.640 bits per heavy atom. The molecule has 6 aromatic carbocycles. The van der Waals surface area contributed by atoms with E-state index in [9.17, 15) is 25.5 Å². The highest BCUT2D eigenvalue weighted by Crippen LogP contribution is 2.56. The molecule has 0 aromatic heterocycles. The van der Waals surface area contributed by atoms with Gasteiger partial charge in [-0.1, -0.05) is 0 Å². The van der Waals surface area contributed by atoms with Crippen LogP contribution in [0.1, 0.15) is 0 Å². The molecule has 0 saturated heterocycles. The predicted molar refractivity (Wildman–Crippen MR) is 95.9 cm³/mol. The molecule has 0 amide bonds. The quantitative estimate of drug-likeness (QED) is 0.267. The van der Waals surface area contributed by atoms with Crippen LogP contribution in [0.3, 0.4) is 0 Å². The first-order chi connectivity index (χ1) is 12.0. The number of phenolic OH excluding ortho intramolecular Hbond substituents is 5. The molecule has 0 atom stereocenters. The van der Waals surface area contributed by atoms with Crippen LogP contribution in [0.4, 0.5) is 0 Å². The van der Waals surface area contributed by atoms with Crippen LogP contribution in [0.5, 0.6) is 28.7 Å². The molecule has 5 nitrogen and oxygen atoms in total. The fourth-order valence-corrected chi connectivity index (χ4v) is 4.41. The van der Waals surface area contributed by atoms with Crippen LogP contribution in [0.2, 0.25) is 0 Å². The zero-order chi connectivity index (χ0) is 17.2. The predicted octanol–water partition coefficient (Wildman–Crippen LogP) is 4.29. The van der Waals surface area contributed by atoms with Crippen LogP contribution < -0.4 is 0 Å². The van der Waals surface area contributed by atoms with Crippen LogP contribution in [0.15, 0.2) is 30.3 Å². The van der Waals surface area contributed by atoms with Crippen molar-refractivity contribution in [1.82, 2.24) is 0 Å². The monoisotopic (exact) mass is 330 g/mol. The second kappa shape index (κ2) is 3.57. The van der Waals surface area contributed by atoms with Crippen molar-refractivity contribution in [2.45, 2.75) is 0 Å². The summed E-state index contributed by atoms with van der Waals surface area (Å²) in [6.45, 7) is 0. The maximum atomic E-state index is 10.4. The maximum absolute atomic E-state index is 10.4. The molecule has 5 N–H and O–H groups in total. The lowest BCUT2D eigenvalue weighted by atomic mass is 9.97. The Labute approximate surface area is 139 Å². The van der Waals surface area contributed by atoms with Crippen molar-refractivity contribution < 1.29 is 25.5 Å². The molecule has 0 spiro atoms. The highest BCUT2D eigenvalue weighted by atomic mass is 16.3. The van der Waals surface area contributed by atoms with Gasteiger partial charge in [-0.25, -0.2) is 0 Å². The summed E-state index contributed by atoms with van der Waals surface area (Å²) in [6, 6.07) is 7.29. The molecular weight excluding hydrogens is 320 g/mol. The van der Waals surface area contributed by atoms with Crippen molar-refractivity contribution in [3.05, 3.63) is 30.3 Å². The van der Waals surface area contributed by atoms with Crippen molar-refractivity contribution in [1.29, 1.82) is 0 Å². The van der Waals surface area contributed by atoms with E-state index in [-0.39, 0.29) is 28.7 Å². The van der Waals surface area contributed by atoms with E-state index in [1.807, 2.05) is 0 Å². The van der Waals surface area contributed by atoms with Crippen molar-refractivity contribution in [3.63, 3.8) is 0 Å². The first-order valence-electron chi connectivity index (χ1n) is 7.75. The molecular formula is C20H10O5. The Morgan fingerprint density at radius 2 is 0.480 bits per heavy atom. The molecule has 0 bridgehead atoms. The fraction of sp³-hybridized carbons (Fsp3) is 0. The molecule has 120 valence electrons. The third-order valence-electron chi connectivity index (χ3n) is 5.38. The number of rotatable bonds is 0. The maximum Gasteiger partial charge on any atom is 0.124 e. The highest BCUT2D eigenvalue weighted by Gasteiger charge is 2.27. The van der Waals surface area contributed by atoms with Crippen molar-refractivity contribution in [2.75, 3.05) is 0 Å². The molecule has 6 rings (SSSR count). The van der Waals surface area contributed by atoms with E-state index in [0.717, 1.165) is 0 Å². The zero-order valence-electron chi connectivity index (χ0n) is 12.6. The van der Waals surface area contributed by atoms with Gasteiger partial charge in [0.2, 0.25) is 0 Å². The first kappa shape index (κ1) is 12.8. The number of aromatic hydroxyl groups is 5. The summed E-state index contributed by atoms with van der Waals surface area (Å²) < 4.78 is 0. The Balaban J connectivity index is 2.21. The lowest BCUT2D eigenvalue weighted by molar-refractivity contribution is 0.472. The summed E-state index contributed by atoms with van der Waals surface area (Å²) in [4.78, 5) is 0. The summed E-state index contributed by atoms with van der Waals surface area (Å²) in [5, 5.41) is 58.0. The van der Waals surface area contributed by atoms with E-state index in [1.54, 1.807) is 0 Å². The largest absolute Gasteiger partial charge is 0.507 e. The molecule has 0 heterocycles. The van der Waals surface area contributed by atoms with Crippen LogP contribution in [-0.2, 0) is 0 Å². The summed E-state index contributed by atoms with van der Waals surface area (Å²) in [5.74, 6) is -0.243. The minimum Gasteiger partial charge on any atom is -0.507 e. The summed E-state index contributed by atoms with van der Waals surface area (Å²) >= 11 is 0. The molecule has 0 aliphatic rings. The van der Waals surface area contributed by atoms with Crippen molar-refractivity contribution >= 4 is 53.9 Å². The van der Waals surface area contributed by atoms with Gasteiger partial charge in [0.25, 0.3) is 0 Å². The topological polar surface area (TPSA) is 101 Å². The van der Waals surface area contributed by atoms with Gasteiger partial charge in [0.05, 0.1) is 0 Å². The number of benzene rings is 5. The van der Waals surface area contributed by atoms with Gasteiger partial charge < -0.3 is 25.5 Å². The average Bonchev–Trinajstić information content (AvgIpc) is 2.92. The van der Waals surface area contributed by atoms with Gasteiger partial charge in [-0.05, 0) is 30.3 Å². The van der Waals surface area contributed by atoms with Gasteiger partial charge in [0, 0.05) is 53.9 Å². The van der Waals surface area contributed by atoms with Crippen LogP contribution in [0, 0.1) is 0 Å². The third-order valence-corrected chi connectivity index (χ3v) is 5.38. The normalized spacial score (nSPS) is 12.8. The van der Waals surface area contributed by atoms with Crippen LogP contribution in [-0.4, -0.2) is 25.5 Å². The number of hydrogen-bond donors (Lipinski definition) is 5. The minimum absolute atomic E-state index is 0.0485. The third kappa shape index (κ3) is 1.18. The second-order valence-electron chi connectivity index (χ2n) is 6.59. The van der Waals surface area contributed by atoms with Crippen LogP contribution in [0.25, 0.3) is 53.9 Å². The molecule has 0 saturated carbocycles. The second-order valence-corrected chi connectivity index (χ2v) is 6.59. The van der Waals surface area contributed by atoms with Crippen molar-refractivity contribution in [3.8, 4) is 28.7 Å². The molecule has 25 heavy (non-hydrogen) atoms. The van der Waals surface area contributed by atoms with Gasteiger partial charge in [-0.2, -0.15) is 0 Å². The van der Waals surface area contributed by atoms with E-state index in [2.05, 4.69) is 0 Å². The summed E-state index contributed by atoms with van der Waals surface area (Å²) in [5.41, 5.74) is 0. The van der Waals surface area contributed by atoms with Crippen molar-refractivity contribution in [2.24, 2.45) is 0 Å². The lowest BCUT2D eigenvalue weighted by Gasteiger charge is -2.09. The van der Waals surface area contributed by atoms with E-state index in [0.29, 0.717) is 53.9 Å². The minimum atomic E-state index is -0.0485. The average molecular weight is 330 g/mol. The molecule has 0 aliphatic heterocycles. The molecule has 6 aromatic rings. The Hall–Kier alpha value is -3.60. The first-order valence-corrected chi connectivity index (χ1v) is 7.75. The van der Waals surface area contributed by atoms with Gasteiger partial charge in [-0.15, -0.1) is 0 Å². The molecule has 0 aliphatic carbocycles. The molecule has 5 heteroatoms. The van der Waals surface area contributed by atoms with E-state index >= 15 is 0 Å². The zero-order valence-corrected chi connectivity index (χ0v) is 12.6. The smallest absolute Gasteiger partial charge is 0.124 e. The SMILES string of the molecule is Oc1cc2c(O)cc3c(O)cc4c(O)cc5c(O)cc1c1c5c4c3c21. The standard InChI is InChI=1S/C20H10O5/c21-11-1-6-12(22)3-8-14(24)5-10-15(25)4-9-13(23)2-7(11)17-16(6)18(8)20(10)19(9)17/h1-5,21-25H. The van der Waals surface area contributed by atoms with E-state index in [4.69, 9.17) is 0 Å². The molecule has 0 unspecified atom stereocenters. The Morgan fingerprint density at radius 1 is 0.320 bits per heavy atom. The van der Waals surface area contributed by atoms with Crippen LogP contribution >= 0.6 is 0 Å². The van der Waals surface area contributed by atoms with Gasteiger partial charge >= 0.3 is 0 Å². The van der Waals surface area contributed by atoms with E-state index < -0.39 is 0 Å². The highest BCUT2D eigenvalue weighted by molar-refractivity contribution is 6.46. The van der Waals surface area contributed by atoms with E-state index in [1.165, 1.54) is 30.3 Å². The fourth-order valence-electron chi connectivity index (χ4n) is 4.41. The summed E-state index contributed by atoms with van der Waals surface area (Å²) in [7, 11) is 0. The Bertz CT molecular complexity index is 1190. The Kier molecular flexibility index (Phi) is 1.82. The molecule has 0 radical (unpaired) electrons. The number of hydrogen-bond acceptors (Lipinski definition) is 5. The number of phenols is 5. The van der Waals surface area contributed by atoms with Gasteiger partial charge in [0.15, 0.2) is 0 Å². The van der Waals surface area contributed by atoms with Gasteiger partial charge in [0.1, 0.15) is 28.7 Å². The lowest BCUT2D eigenvalue weighted by Crippen LogP contribution is -1.81. The molecule has 0 fully saturated rings. The summed E-state index contributed by atoms with van der Waals surface area (Å²) in [6.07, 6.45) is 0. The van der Waals surface area contributed by atoms with Gasteiger partial charge in [-0.3, -0.25) is 0 Å².